The molecule has 0 bridgehead atoms. The number of nitrogens with zero attached hydrogens (tertiary/aromatic N) is 1. The maximum Gasteiger partial charge on any atom is 0.0107 e. The van der Waals surface area contributed by atoms with Crippen molar-refractivity contribution in [2.24, 2.45) is 17.8 Å². The van der Waals surface area contributed by atoms with Crippen molar-refractivity contribution >= 4 is 0 Å². The number of hydrogen-bond donors (Lipinski definition) is 1. The van der Waals surface area contributed by atoms with Gasteiger partial charge < -0.3 is 5.32 Å². The second kappa shape index (κ2) is 8.53. The Morgan fingerprint density at radius 3 is 2.57 bits per heavy atom. The van der Waals surface area contributed by atoms with Gasteiger partial charge in [0.1, 0.15) is 0 Å². The summed E-state index contributed by atoms with van der Waals surface area (Å²) in [5, 5.41) is 3.86. The molecule has 1 aliphatic carbocycles. The SMILES string of the molecule is CCCNC1CCCCCC1CN1CC(C)CC(C)C1C. The Bertz CT molecular complexity index is 291. The molecule has 2 rings (SSSR count). The fraction of sp³-hybridized carbons (Fsp3) is 1.00. The molecule has 1 saturated heterocycles. The van der Waals surface area contributed by atoms with Gasteiger partial charge in [-0.2, -0.15) is 0 Å². The van der Waals surface area contributed by atoms with Gasteiger partial charge in [-0.3, -0.25) is 4.90 Å². The average Bonchev–Trinajstić information content (AvgIpc) is 2.67. The van der Waals surface area contributed by atoms with E-state index < -0.39 is 0 Å². The van der Waals surface area contributed by atoms with E-state index in [1.807, 2.05) is 0 Å². The van der Waals surface area contributed by atoms with Crippen molar-refractivity contribution in [1.82, 2.24) is 10.2 Å². The van der Waals surface area contributed by atoms with Gasteiger partial charge in [0.15, 0.2) is 0 Å². The highest BCUT2D eigenvalue weighted by Gasteiger charge is 2.32. The molecule has 2 fully saturated rings. The Morgan fingerprint density at radius 1 is 1.05 bits per heavy atom. The van der Waals surface area contributed by atoms with Crippen LogP contribution in [0.3, 0.4) is 0 Å². The van der Waals surface area contributed by atoms with E-state index in [2.05, 4.69) is 37.9 Å². The lowest BCUT2D eigenvalue weighted by Gasteiger charge is -2.43. The fourth-order valence-corrected chi connectivity index (χ4v) is 4.58. The van der Waals surface area contributed by atoms with Gasteiger partial charge >= 0.3 is 0 Å². The number of rotatable bonds is 5. The predicted molar refractivity (Wildman–Crippen MR) is 92.6 cm³/mol. The number of likely N-dealkylation sites (tertiary alicyclic amines) is 1. The van der Waals surface area contributed by atoms with Crippen LogP contribution in [0.1, 0.15) is 72.6 Å². The smallest absolute Gasteiger partial charge is 0.0107 e. The third-order valence-electron chi connectivity index (χ3n) is 6.00. The van der Waals surface area contributed by atoms with Crippen LogP contribution in [0.15, 0.2) is 0 Å². The molecule has 2 heteroatoms. The maximum atomic E-state index is 3.86. The van der Waals surface area contributed by atoms with Gasteiger partial charge in [-0.05, 0) is 56.9 Å². The van der Waals surface area contributed by atoms with Crippen molar-refractivity contribution in [1.29, 1.82) is 0 Å². The first-order chi connectivity index (χ1) is 10.1. The van der Waals surface area contributed by atoms with E-state index in [4.69, 9.17) is 0 Å². The standard InChI is InChI=1S/C19H38N2/c1-5-11-20-19-10-8-6-7-9-18(19)14-21-13-15(2)12-16(3)17(21)4/h15-20H,5-14H2,1-4H3. The first-order valence-corrected chi connectivity index (χ1v) is 9.59. The van der Waals surface area contributed by atoms with Crippen molar-refractivity contribution in [3.05, 3.63) is 0 Å². The fourth-order valence-electron chi connectivity index (χ4n) is 4.58. The summed E-state index contributed by atoms with van der Waals surface area (Å²) in [7, 11) is 0. The molecule has 0 aromatic heterocycles. The lowest BCUT2D eigenvalue weighted by atomic mass is 9.84. The molecule has 2 nitrogen and oxygen atoms in total. The Kier molecular flexibility index (Phi) is 7.01. The van der Waals surface area contributed by atoms with Crippen molar-refractivity contribution in [3.63, 3.8) is 0 Å². The topological polar surface area (TPSA) is 15.3 Å². The molecular weight excluding hydrogens is 256 g/mol. The Morgan fingerprint density at radius 2 is 1.81 bits per heavy atom. The van der Waals surface area contributed by atoms with Gasteiger partial charge in [-0.25, -0.2) is 0 Å². The summed E-state index contributed by atoms with van der Waals surface area (Å²) in [6.45, 7) is 13.5. The van der Waals surface area contributed by atoms with E-state index in [1.54, 1.807) is 0 Å². The lowest BCUT2D eigenvalue weighted by Crippen LogP contribution is -2.50. The van der Waals surface area contributed by atoms with E-state index in [-0.39, 0.29) is 0 Å². The van der Waals surface area contributed by atoms with Crippen molar-refractivity contribution < 1.29 is 0 Å². The Hall–Kier alpha value is -0.0800. The number of hydrogen-bond acceptors (Lipinski definition) is 2. The quantitative estimate of drug-likeness (QED) is 0.760. The number of piperidine rings is 1. The molecule has 1 saturated carbocycles. The van der Waals surface area contributed by atoms with Crippen LogP contribution in [0.2, 0.25) is 0 Å². The Balaban J connectivity index is 1.96. The molecule has 0 spiro atoms. The predicted octanol–water partition coefficient (Wildman–Crippen LogP) is 4.30. The Labute approximate surface area is 133 Å². The molecule has 0 amide bonds. The van der Waals surface area contributed by atoms with Crippen LogP contribution in [0.25, 0.3) is 0 Å². The van der Waals surface area contributed by atoms with Gasteiger partial charge in [0, 0.05) is 25.2 Å². The van der Waals surface area contributed by atoms with E-state index in [1.165, 1.54) is 64.6 Å². The summed E-state index contributed by atoms with van der Waals surface area (Å²) in [5.74, 6) is 2.62. The zero-order valence-electron chi connectivity index (χ0n) is 14.9. The van der Waals surface area contributed by atoms with Crippen molar-refractivity contribution in [2.45, 2.75) is 84.7 Å². The van der Waals surface area contributed by atoms with Crippen molar-refractivity contribution in [2.75, 3.05) is 19.6 Å². The van der Waals surface area contributed by atoms with Crippen LogP contribution < -0.4 is 5.32 Å². The zero-order chi connectivity index (χ0) is 15.2. The molecule has 1 aliphatic heterocycles. The average molecular weight is 295 g/mol. The van der Waals surface area contributed by atoms with E-state index in [9.17, 15) is 0 Å². The van der Waals surface area contributed by atoms with Crippen LogP contribution >= 0.6 is 0 Å². The summed E-state index contributed by atoms with van der Waals surface area (Å²) in [6.07, 6.45) is 9.84. The van der Waals surface area contributed by atoms with Crippen molar-refractivity contribution in [3.8, 4) is 0 Å². The highest BCUT2D eigenvalue weighted by atomic mass is 15.2. The minimum absolute atomic E-state index is 0.771. The first-order valence-electron chi connectivity index (χ1n) is 9.59. The summed E-state index contributed by atoms with van der Waals surface area (Å²) in [6, 6.07) is 1.54. The maximum absolute atomic E-state index is 3.86. The van der Waals surface area contributed by atoms with Gasteiger partial charge in [0.25, 0.3) is 0 Å². The van der Waals surface area contributed by atoms with Crippen LogP contribution in [-0.4, -0.2) is 36.6 Å². The minimum Gasteiger partial charge on any atom is -0.314 e. The highest BCUT2D eigenvalue weighted by Crippen LogP contribution is 2.30. The normalized spacial score (nSPS) is 39.1. The second-order valence-corrected chi connectivity index (χ2v) is 7.97. The monoisotopic (exact) mass is 294 g/mol. The highest BCUT2D eigenvalue weighted by molar-refractivity contribution is 4.87. The molecule has 1 heterocycles. The molecule has 1 N–H and O–H groups in total. The summed E-state index contributed by atoms with van der Waals surface area (Å²) >= 11 is 0. The van der Waals surface area contributed by atoms with Crippen LogP contribution in [0.4, 0.5) is 0 Å². The summed E-state index contributed by atoms with van der Waals surface area (Å²) in [5.41, 5.74) is 0. The molecular formula is C19H38N2. The van der Waals surface area contributed by atoms with Gasteiger partial charge in [0.2, 0.25) is 0 Å². The molecule has 124 valence electrons. The van der Waals surface area contributed by atoms with Gasteiger partial charge in [-0.1, -0.05) is 40.0 Å². The third-order valence-corrected chi connectivity index (χ3v) is 6.00. The minimum atomic E-state index is 0.771. The van der Waals surface area contributed by atoms with E-state index in [0.29, 0.717) is 0 Å². The molecule has 0 radical (unpaired) electrons. The number of nitrogens with one attached hydrogen (secondary N) is 1. The van der Waals surface area contributed by atoms with E-state index in [0.717, 1.165) is 29.8 Å². The van der Waals surface area contributed by atoms with Crippen LogP contribution in [0, 0.1) is 17.8 Å². The lowest BCUT2D eigenvalue weighted by molar-refractivity contribution is 0.0566. The first kappa shape index (κ1) is 17.3. The molecule has 0 aromatic carbocycles. The summed E-state index contributed by atoms with van der Waals surface area (Å²) in [4.78, 5) is 2.81. The van der Waals surface area contributed by atoms with E-state index >= 15 is 0 Å². The van der Waals surface area contributed by atoms with Gasteiger partial charge in [0.05, 0.1) is 0 Å². The molecule has 2 aliphatic rings. The van der Waals surface area contributed by atoms with Crippen LogP contribution in [0.5, 0.6) is 0 Å². The third kappa shape index (κ3) is 4.96. The molecule has 0 aromatic rings. The molecule has 5 unspecified atom stereocenters. The second-order valence-electron chi connectivity index (χ2n) is 7.97. The summed E-state index contributed by atoms with van der Waals surface area (Å²) < 4.78 is 0. The zero-order valence-corrected chi connectivity index (χ0v) is 14.9. The molecule has 21 heavy (non-hydrogen) atoms. The van der Waals surface area contributed by atoms with Gasteiger partial charge in [-0.15, -0.1) is 0 Å². The largest absolute Gasteiger partial charge is 0.314 e. The molecule has 5 atom stereocenters. The van der Waals surface area contributed by atoms with Crippen LogP contribution in [-0.2, 0) is 0 Å².